The number of hydrogen-bond donors (Lipinski definition) is 1. The third-order valence-electron chi connectivity index (χ3n) is 1.76. The molecule has 4 nitrogen and oxygen atoms in total. The maximum absolute atomic E-state index is 10.2. The molecule has 1 rings (SSSR count). The maximum Gasteiger partial charge on any atom is 0.232 e. The van der Waals surface area contributed by atoms with E-state index in [2.05, 4.69) is 15.3 Å². The van der Waals surface area contributed by atoms with Crippen molar-refractivity contribution in [1.29, 1.82) is 0 Å². The van der Waals surface area contributed by atoms with E-state index in [-0.39, 0.29) is 21.7 Å². The fraction of sp³-hybridized carbons (Fsp3) is 0.444. The first-order valence-corrected chi connectivity index (χ1v) is 5.05. The Balaban J connectivity index is 3.27. The highest BCUT2D eigenvalue weighted by atomic mass is 35.5. The molecule has 1 N–H and O–H groups in total. The van der Waals surface area contributed by atoms with E-state index in [1.807, 2.05) is 20.8 Å². The number of hydrogen-bond acceptors (Lipinski definition) is 3. The highest BCUT2D eigenvalue weighted by Gasteiger charge is 2.23. The average molecular weight is 248 g/mol. The molecule has 0 aliphatic heterocycles. The summed E-state index contributed by atoms with van der Waals surface area (Å²) < 4.78 is 0. The number of anilines is 1. The number of halogens is 2. The van der Waals surface area contributed by atoms with Crippen molar-refractivity contribution in [3.63, 3.8) is 0 Å². The Hall–Kier alpha value is -0.870. The molecule has 0 bridgehead atoms. The molecular weight excluding hydrogens is 237 g/mol. The zero-order valence-corrected chi connectivity index (χ0v) is 10.1. The van der Waals surface area contributed by atoms with Crippen LogP contribution in [0.5, 0.6) is 0 Å². The van der Waals surface area contributed by atoms with Crippen LogP contribution < -0.4 is 5.32 Å². The second-order valence-corrected chi connectivity index (χ2v) is 4.73. The van der Waals surface area contributed by atoms with Crippen molar-refractivity contribution in [3.05, 3.63) is 15.9 Å². The minimum absolute atomic E-state index is 0.105. The average Bonchev–Trinajstić information content (AvgIpc) is 1.99. The lowest BCUT2D eigenvalue weighted by molar-refractivity contribution is -0.105. The van der Waals surface area contributed by atoms with E-state index in [0.29, 0.717) is 12.0 Å². The third-order valence-corrected chi connectivity index (χ3v) is 2.31. The monoisotopic (exact) mass is 247 g/mol. The van der Waals surface area contributed by atoms with E-state index in [4.69, 9.17) is 23.2 Å². The van der Waals surface area contributed by atoms with Crippen molar-refractivity contribution in [3.8, 4) is 0 Å². The van der Waals surface area contributed by atoms with Gasteiger partial charge in [-0.05, 0) is 5.41 Å². The molecular formula is C9H11Cl2N3O. The van der Waals surface area contributed by atoms with Gasteiger partial charge in [0.2, 0.25) is 12.4 Å². The summed E-state index contributed by atoms with van der Waals surface area (Å²) in [6.07, 6.45) is 0.471. The molecule has 15 heavy (non-hydrogen) atoms. The van der Waals surface area contributed by atoms with Crippen LogP contribution >= 0.6 is 23.2 Å². The van der Waals surface area contributed by atoms with Crippen molar-refractivity contribution in [2.24, 2.45) is 0 Å². The molecule has 0 atom stereocenters. The van der Waals surface area contributed by atoms with Gasteiger partial charge in [0.1, 0.15) is 10.3 Å². The van der Waals surface area contributed by atoms with Gasteiger partial charge in [-0.25, -0.2) is 9.97 Å². The fourth-order valence-electron chi connectivity index (χ4n) is 1.14. The Morgan fingerprint density at radius 3 is 2.00 bits per heavy atom. The Labute approximate surface area is 98.0 Å². The first-order valence-electron chi connectivity index (χ1n) is 4.30. The lowest BCUT2D eigenvalue weighted by atomic mass is 9.89. The van der Waals surface area contributed by atoms with Crippen LogP contribution in [0.2, 0.25) is 10.3 Å². The SMILES string of the molecule is CC(C)(C)c1c(Cl)nc(NC=O)nc1Cl. The molecule has 0 aromatic carbocycles. The van der Waals surface area contributed by atoms with Gasteiger partial charge in [-0.3, -0.25) is 10.1 Å². The number of carbonyl (C=O) groups excluding carboxylic acids is 1. The van der Waals surface area contributed by atoms with Crippen LogP contribution in [0.3, 0.4) is 0 Å². The maximum atomic E-state index is 10.2. The van der Waals surface area contributed by atoms with Gasteiger partial charge in [0.25, 0.3) is 0 Å². The Morgan fingerprint density at radius 2 is 1.67 bits per heavy atom. The van der Waals surface area contributed by atoms with E-state index >= 15 is 0 Å². The van der Waals surface area contributed by atoms with Crippen LogP contribution in [0.4, 0.5) is 5.95 Å². The molecule has 0 radical (unpaired) electrons. The van der Waals surface area contributed by atoms with E-state index < -0.39 is 0 Å². The van der Waals surface area contributed by atoms with Gasteiger partial charge in [0.15, 0.2) is 0 Å². The summed E-state index contributed by atoms with van der Waals surface area (Å²) in [4.78, 5) is 18.0. The van der Waals surface area contributed by atoms with Crippen molar-refractivity contribution in [2.45, 2.75) is 26.2 Å². The van der Waals surface area contributed by atoms with Gasteiger partial charge < -0.3 is 0 Å². The van der Waals surface area contributed by atoms with Crippen molar-refractivity contribution >= 4 is 35.6 Å². The molecule has 82 valence electrons. The summed E-state index contributed by atoms with van der Waals surface area (Å²) in [6.45, 7) is 5.86. The summed E-state index contributed by atoms with van der Waals surface area (Å²) in [6, 6.07) is 0. The minimum atomic E-state index is -0.242. The first-order chi connectivity index (χ1) is 6.86. The summed E-state index contributed by atoms with van der Waals surface area (Å²) in [7, 11) is 0. The van der Waals surface area contributed by atoms with Crippen LogP contribution in [0.1, 0.15) is 26.3 Å². The molecule has 0 aliphatic rings. The number of aromatic nitrogens is 2. The van der Waals surface area contributed by atoms with Crippen LogP contribution in [-0.4, -0.2) is 16.4 Å². The highest BCUT2D eigenvalue weighted by molar-refractivity contribution is 6.34. The second-order valence-electron chi connectivity index (χ2n) is 4.02. The molecule has 0 saturated carbocycles. The van der Waals surface area contributed by atoms with Crippen molar-refractivity contribution < 1.29 is 4.79 Å². The fourth-order valence-corrected chi connectivity index (χ4v) is 2.10. The van der Waals surface area contributed by atoms with Gasteiger partial charge in [-0.15, -0.1) is 0 Å². The number of nitrogens with zero attached hydrogens (tertiary/aromatic N) is 2. The van der Waals surface area contributed by atoms with Crippen molar-refractivity contribution in [1.82, 2.24) is 9.97 Å². The molecule has 0 aliphatic carbocycles. The topological polar surface area (TPSA) is 54.9 Å². The second kappa shape index (κ2) is 4.33. The molecule has 0 unspecified atom stereocenters. The summed E-state index contributed by atoms with van der Waals surface area (Å²) >= 11 is 11.9. The smallest absolute Gasteiger partial charge is 0.232 e. The first kappa shape index (κ1) is 12.2. The zero-order valence-electron chi connectivity index (χ0n) is 8.64. The van der Waals surface area contributed by atoms with E-state index in [1.165, 1.54) is 0 Å². The predicted octanol–water partition coefficient (Wildman–Crippen LogP) is 2.65. The number of nitrogens with one attached hydrogen (secondary N) is 1. The quantitative estimate of drug-likeness (QED) is 0.646. The summed E-state index contributed by atoms with van der Waals surface area (Å²) in [5.74, 6) is 0.105. The minimum Gasteiger partial charge on any atom is -0.297 e. The van der Waals surface area contributed by atoms with E-state index in [9.17, 15) is 4.79 Å². The summed E-state index contributed by atoms with van der Waals surface area (Å²) in [5.41, 5.74) is 0.427. The van der Waals surface area contributed by atoms with Gasteiger partial charge in [0, 0.05) is 5.56 Å². The van der Waals surface area contributed by atoms with Crippen LogP contribution in [0, 0.1) is 0 Å². The number of carbonyl (C=O) groups is 1. The number of rotatable bonds is 2. The normalized spacial score (nSPS) is 11.3. The number of amides is 1. The summed E-state index contributed by atoms with van der Waals surface area (Å²) in [5, 5.41) is 2.81. The standard InChI is InChI=1S/C9H11Cl2N3O/c1-9(2,3)5-6(10)13-8(12-4-15)14-7(5)11/h4H,1-3H3,(H,12,13,14,15). The Bertz CT molecular complexity index is 364. The molecule has 0 fully saturated rings. The molecule has 1 amide bonds. The van der Waals surface area contributed by atoms with Gasteiger partial charge in [-0.1, -0.05) is 44.0 Å². The third kappa shape index (κ3) is 2.79. The molecule has 0 saturated heterocycles. The lowest BCUT2D eigenvalue weighted by Crippen LogP contribution is -2.15. The van der Waals surface area contributed by atoms with Gasteiger partial charge in [-0.2, -0.15) is 0 Å². The van der Waals surface area contributed by atoms with Crippen LogP contribution in [0.15, 0.2) is 0 Å². The Kier molecular flexibility index (Phi) is 3.52. The zero-order chi connectivity index (χ0) is 11.6. The Morgan fingerprint density at radius 1 is 1.20 bits per heavy atom. The van der Waals surface area contributed by atoms with Crippen LogP contribution in [0.25, 0.3) is 0 Å². The van der Waals surface area contributed by atoms with Crippen LogP contribution in [-0.2, 0) is 10.2 Å². The lowest BCUT2D eigenvalue weighted by Gasteiger charge is -2.20. The van der Waals surface area contributed by atoms with E-state index in [0.717, 1.165) is 0 Å². The molecule has 1 aromatic heterocycles. The molecule has 0 spiro atoms. The van der Waals surface area contributed by atoms with E-state index in [1.54, 1.807) is 0 Å². The molecule has 1 aromatic rings. The van der Waals surface area contributed by atoms with Gasteiger partial charge >= 0.3 is 0 Å². The highest BCUT2D eigenvalue weighted by Crippen LogP contribution is 2.33. The predicted molar refractivity (Wildman–Crippen MR) is 60.4 cm³/mol. The largest absolute Gasteiger partial charge is 0.297 e. The van der Waals surface area contributed by atoms with Crippen molar-refractivity contribution in [2.75, 3.05) is 5.32 Å². The van der Waals surface area contributed by atoms with Gasteiger partial charge in [0.05, 0.1) is 0 Å². The molecule has 1 heterocycles. The molecule has 6 heteroatoms.